The van der Waals surface area contributed by atoms with E-state index in [-0.39, 0.29) is 16.6 Å². The maximum atomic E-state index is 12.4. The molecule has 1 fully saturated rings. The van der Waals surface area contributed by atoms with Gasteiger partial charge < -0.3 is 9.80 Å². The number of amides is 2. The highest BCUT2D eigenvalue weighted by Crippen LogP contribution is 2.20. The number of hydrogen-bond acceptors (Lipinski definition) is 2. The predicted molar refractivity (Wildman–Crippen MR) is 86.7 cm³/mol. The van der Waals surface area contributed by atoms with E-state index in [0.717, 1.165) is 5.56 Å². The maximum Gasteiger partial charge on any atom is 0.236 e. The number of rotatable bonds is 3. The lowest BCUT2D eigenvalue weighted by atomic mass is 10.1. The zero-order valence-corrected chi connectivity index (χ0v) is 14.2. The van der Waals surface area contributed by atoms with Crippen LogP contribution >= 0.6 is 27.5 Å². The van der Waals surface area contributed by atoms with Gasteiger partial charge in [0, 0.05) is 38.1 Å². The molecule has 0 saturated carbocycles. The summed E-state index contributed by atoms with van der Waals surface area (Å²) in [6, 6.07) is 7.54. The Kier molecular flexibility index (Phi) is 5.65. The number of alkyl halides is 1. The normalized spacial score (nSPS) is 16.7. The summed E-state index contributed by atoms with van der Waals surface area (Å²) in [5.74, 6) is 0.117. The Morgan fingerprint density at radius 1 is 1.19 bits per heavy atom. The molecule has 1 atom stereocenters. The summed E-state index contributed by atoms with van der Waals surface area (Å²) in [4.78, 5) is 27.0. The van der Waals surface area contributed by atoms with E-state index >= 15 is 0 Å². The minimum atomic E-state index is -0.290. The molecular formula is C15H18BrClN2O2. The van der Waals surface area contributed by atoms with Gasteiger partial charge in [-0.05, 0) is 18.1 Å². The second-order valence-electron chi connectivity index (χ2n) is 5.09. The fraction of sp³-hybridized carbons (Fsp3) is 0.467. The van der Waals surface area contributed by atoms with Gasteiger partial charge in [0.15, 0.2) is 0 Å². The van der Waals surface area contributed by atoms with Crippen LogP contribution in [0.5, 0.6) is 0 Å². The topological polar surface area (TPSA) is 40.6 Å². The minimum Gasteiger partial charge on any atom is -0.339 e. The molecule has 0 aromatic heterocycles. The Morgan fingerprint density at radius 3 is 2.33 bits per heavy atom. The number of carbonyl (C=O) groups is 2. The summed E-state index contributed by atoms with van der Waals surface area (Å²) >= 11 is 9.59. The Hall–Kier alpha value is -1.07. The van der Waals surface area contributed by atoms with Crippen molar-refractivity contribution in [3.8, 4) is 0 Å². The van der Waals surface area contributed by atoms with Gasteiger partial charge in [-0.2, -0.15) is 0 Å². The Balaban J connectivity index is 1.92. The van der Waals surface area contributed by atoms with Crippen LogP contribution in [0.3, 0.4) is 0 Å². The van der Waals surface area contributed by atoms with E-state index in [9.17, 15) is 9.59 Å². The van der Waals surface area contributed by atoms with Gasteiger partial charge >= 0.3 is 0 Å². The predicted octanol–water partition coefficient (Wildman–Crippen LogP) is 2.34. The van der Waals surface area contributed by atoms with E-state index in [1.165, 1.54) is 0 Å². The van der Waals surface area contributed by atoms with Crippen LogP contribution in [0.2, 0.25) is 5.02 Å². The molecule has 6 heteroatoms. The molecule has 1 unspecified atom stereocenters. The first-order valence-electron chi connectivity index (χ1n) is 6.91. The lowest BCUT2D eigenvalue weighted by Crippen LogP contribution is -2.51. The van der Waals surface area contributed by atoms with Crippen molar-refractivity contribution in [3.63, 3.8) is 0 Å². The zero-order chi connectivity index (χ0) is 15.4. The number of hydrogen-bond donors (Lipinski definition) is 0. The molecule has 0 bridgehead atoms. The van der Waals surface area contributed by atoms with Gasteiger partial charge in [-0.15, -0.1) is 0 Å². The number of halogens is 2. The molecule has 2 amide bonds. The summed E-state index contributed by atoms with van der Waals surface area (Å²) in [6.07, 6.45) is 0.561. The summed E-state index contributed by atoms with van der Waals surface area (Å²) in [5, 5.41) is 0.677. The monoisotopic (exact) mass is 372 g/mol. The quantitative estimate of drug-likeness (QED) is 0.763. The molecule has 0 aliphatic carbocycles. The summed E-state index contributed by atoms with van der Waals surface area (Å²) in [5.41, 5.74) is 0.955. The molecule has 1 aliphatic rings. The van der Waals surface area contributed by atoms with Gasteiger partial charge in [-0.1, -0.05) is 45.7 Å². The molecule has 2 rings (SSSR count). The molecule has 0 N–H and O–H groups in total. The maximum absolute atomic E-state index is 12.4. The molecular weight excluding hydrogens is 356 g/mol. The van der Waals surface area contributed by atoms with Gasteiger partial charge in [-0.3, -0.25) is 9.59 Å². The number of nitrogens with zero attached hydrogens (tertiary/aromatic N) is 2. The van der Waals surface area contributed by atoms with Crippen LogP contribution in [0.15, 0.2) is 24.3 Å². The van der Waals surface area contributed by atoms with Crippen molar-refractivity contribution in [2.45, 2.75) is 18.2 Å². The van der Waals surface area contributed by atoms with Crippen LogP contribution in [-0.4, -0.2) is 52.6 Å². The molecule has 0 spiro atoms. The fourth-order valence-corrected chi connectivity index (χ4v) is 3.24. The first-order chi connectivity index (χ1) is 9.99. The highest BCUT2D eigenvalue weighted by Gasteiger charge is 2.27. The number of piperazine rings is 1. The van der Waals surface area contributed by atoms with E-state index < -0.39 is 0 Å². The zero-order valence-electron chi connectivity index (χ0n) is 11.9. The van der Waals surface area contributed by atoms with Crippen molar-refractivity contribution >= 4 is 39.3 Å². The average Bonchev–Trinajstić information content (AvgIpc) is 2.49. The van der Waals surface area contributed by atoms with Crippen molar-refractivity contribution < 1.29 is 9.59 Å². The van der Waals surface area contributed by atoms with Crippen molar-refractivity contribution in [2.75, 3.05) is 26.2 Å². The molecule has 1 aromatic carbocycles. The van der Waals surface area contributed by atoms with E-state index in [2.05, 4.69) is 15.9 Å². The summed E-state index contributed by atoms with van der Waals surface area (Å²) in [6.45, 7) is 3.94. The third-order valence-corrected chi connectivity index (χ3v) is 4.75. The van der Waals surface area contributed by atoms with Crippen molar-refractivity contribution in [1.29, 1.82) is 0 Å². The van der Waals surface area contributed by atoms with Gasteiger partial charge in [0.1, 0.15) is 0 Å². The van der Waals surface area contributed by atoms with Gasteiger partial charge in [0.25, 0.3) is 0 Å². The second kappa shape index (κ2) is 7.27. The van der Waals surface area contributed by atoms with Gasteiger partial charge in [-0.25, -0.2) is 0 Å². The standard InChI is InChI=1S/C15H18BrClN2O2/c1-11(20)18-6-8-19(9-7-18)15(21)13(16)10-12-4-2-3-5-14(12)17/h2-5,13H,6-10H2,1H3. The highest BCUT2D eigenvalue weighted by molar-refractivity contribution is 9.10. The molecule has 1 aromatic rings. The molecule has 1 heterocycles. The smallest absolute Gasteiger partial charge is 0.236 e. The largest absolute Gasteiger partial charge is 0.339 e. The average molecular weight is 374 g/mol. The lowest BCUT2D eigenvalue weighted by molar-refractivity contribution is -0.137. The number of carbonyl (C=O) groups excluding carboxylic acids is 2. The Bertz CT molecular complexity index is 530. The van der Waals surface area contributed by atoms with Gasteiger partial charge in [0.2, 0.25) is 11.8 Å². The van der Waals surface area contributed by atoms with E-state index in [4.69, 9.17) is 11.6 Å². The van der Waals surface area contributed by atoms with Crippen LogP contribution < -0.4 is 0 Å². The molecule has 21 heavy (non-hydrogen) atoms. The molecule has 4 nitrogen and oxygen atoms in total. The first-order valence-corrected chi connectivity index (χ1v) is 8.20. The summed E-state index contributed by atoms with van der Waals surface area (Å²) < 4.78 is 0. The molecule has 0 radical (unpaired) electrons. The molecule has 1 aliphatic heterocycles. The minimum absolute atomic E-state index is 0.0538. The third-order valence-electron chi connectivity index (χ3n) is 3.66. The Morgan fingerprint density at radius 2 is 1.76 bits per heavy atom. The fourth-order valence-electron chi connectivity index (χ4n) is 2.38. The summed E-state index contributed by atoms with van der Waals surface area (Å²) in [7, 11) is 0. The van der Waals surface area contributed by atoms with Crippen molar-refractivity contribution in [3.05, 3.63) is 34.9 Å². The highest BCUT2D eigenvalue weighted by atomic mass is 79.9. The van der Waals surface area contributed by atoms with Crippen LogP contribution in [0.25, 0.3) is 0 Å². The van der Waals surface area contributed by atoms with Crippen LogP contribution in [-0.2, 0) is 16.0 Å². The van der Waals surface area contributed by atoms with Crippen LogP contribution in [0.4, 0.5) is 0 Å². The van der Waals surface area contributed by atoms with E-state index in [1.54, 1.807) is 16.7 Å². The van der Waals surface area contributed by atoms with Crippen LogP contribution in [0.1, 0.15) is 12.5 Å². The third kappa shape index (κ3) is 4.20. The molecule has 1 saturated heterocycles. The van der Waals surface area contributed by atoms with Crippen molar-refractivity contribution in [1.82, 2.24) is 9.80 Å². The number of benzene rings is 1. The molecule has 114 valence electrons. The van der Waals surface area contributed by atoms with Crippen molar-refractivity contribution in [2.24, 2.45) is 0 Å². The van der Waals surface area contributed by atoms with Crippen LogP contribution in [0, 0.1) is 0 Å². The first kappa shape index (κ1) is 16.3. The second-order valence-corrected chi connectivity index (χ2v) is 6.61. The van der Waals surface area contributed by atoms with Gasteiger partial charge in [0.05, 0.1) is 4.83 Å². The lowest BCUT2D eigenvalue weighted by Gasteiger charge is -2.35. The van der Waals surface area contributed by atoms with E-state index in [0.29, 0.717) is 37.6 Å². The Labute approximate surface area is 138 Å². The van der Waals surface area contributed by atoms with E-state index in [1.807, 2.05) is 24.3 Å². The SMILES string of the molecule is CC(=O)N1CCN(C(=O)C(Br)Cc2ccccc2Cl)CC1.